The SMILES string of the molecule is CC(C)(C)c1cc(C=O)nn1-c1ccccc1. The van der Waals surface area contributed by atoms with Crippen LogP contribution in [0.1, 0.15) is 37.0 Å². The third-order valence-electron chi connectivity index (χ3n) is 2.62. The first-order chi connectivity index (χ1) is 8.02. The Hall–Kier alpha value is -1.90. The number of benzene rings is 1. The zero-order valence-corrected chi connectivity index (χ0v) is 10.3. The molecule has 0 aliphatic heterocycles. The van der Waals surface area contributed by atoms with E-state index in [1.807, 2.05) is 41.1 Å². The van der Waals surface area contributed by atoms with E-state index < -0.39 is 0 Å². The van der Waals surface area contributed by atoms with Crippen molar-refractivity contribution in [2.45, 2.75) is 26.2 Å². The molecule has 0 aliphatic rings. The van der Waals surface area contributed by atoms with E-state index in [-0.39, 0.29) is 5.41 Å². The van der Waals surface area contributed by atoms with Crippen molar-refractivity contribution in [2.75, 3.05) is 0 Å². The molecule has 0 saturated carbocycles. The number of para-hydroxylation sites is 1. The van der Waals surface area contributed by atoms with Gasteiger partial charge in [0.25, 0.3) is 0 Å². The molecule has 0 amide bonds. The highest BCUT2D eigenvalue weighted by atomic mass is 16.1. The molecule has 0 spiro atoms. The molecule has 3 heteroatoms. The number of aromatic nitrogens is 2. The maximum Gasteiger partial charge on any atom is 0.170 e. The van der Waals surface area contributed by atoms with Crippen LogP contribution in [-0.2, 0) is 5.41 Å². The molecule has 2 rings (SSSR count). The van der Waals surface area contributed by atoms with Crippen molar-refractivity contribution in [1.82, 2.24) is 9.78 Å². The lowest BCUT2D eigenvalue weighted by atomic mass is 9.92. The summed E-state index contributed by atoms with van der Waals surface area (Å²) in [5.41, 5.74) is 2.43. The molecule has 0 radical (unpaired) electrons. The van der Waals surface area contributed by atoms with E-state index in [1.54, 1.807) is 0 Å². The maximum absolute atomic E-state index is 10.9. The summed E-state index contributed by atoms with van der Waals surface area (Å²) in [7, 11) is 0. The Balaban J connectivity index is 2.61. The van der Waals surface area contributed by atoms with Crippen molar-refractivity contribution in [3.63, 3.8) is 0 Å². The van der Waals surface area contributed by atoms with E-state index in [0.29, 0.717) is 5.69 Å². The number of nitrogens with zero attached hydrogens (tertiary/aromatic N) is 2. The van der Waals surface area contributed by atoms with Crippen LogP contribution >= 0.6 is 0 Å². The summed E-state index contributed by atoms with van der Waals surface area (Å²) >= 11 is 0. The standard InChI is InChI=1S/C14H16N2O/c1-14(2,3)13-9-11(10-17)15-16(13)12-7-5-4-6-8-12/h4-10H,1-3H3. The van der Waals surface area contributed by atoms with E-state index in [9.17, 15) is 4.79 Å². The lowest BCUT2D eigenvalue weighted by molar-refractivity contribution is 0.111. The van der Waals surface area contributed by atoms with Crippen LogP contribution in [0.5, 0.6) is 0 Å². The highest BCUT2D eigenvalue weighted by Crippen LogP contribution is 2.25. The minimum atomic E-state index is -0.0515. The molecule has 3 nitrogen and oxygen atoms in total. The number of carbonyl (C=O) groups is 1. The van der Waals surface area contributed by atoms with Crippen LogP contribution in [0.15, 0.2) is 36.4 Å². The Morgan fingerprint density at radius 3 is 2.35 bits per heavy atom. The summed E-state index contributed by atoms with van der Waals surface area (Å²) in [5.74, 6) is 0. The molecule has 0 N–H and O–H groups in total. The van der Waals surface area contributed by atoms with Crippen molar-refractivity contribution < 1.29 is 4.79 Å². The van der Waals surface area contributed by atoms with Crippen LogP contribution in [-0.4, -0.2) is 16.1 Å². The second kappa shape index (κ2) is 4.17. The van der Waals surface area contributed by atoms with Crippen LogP contribution < -0.4 is 0 Å². The molecule has 0 fully saturated rings. The van der Waals surface area contributed by atoms with Gasteiger partial charge in [-0.15, -0.1) is 0 Å². The molecular formula is C14H16N2O. The zero-order valence-electron chi connectivity index (χ0n) is 10.3. The van der Waals surface area contributed by atoms with Gasteiger partial charge in [-0.05, 0) is 18.2 Å². The van der Waals surface area contributed by atoms with Gasteiger partial charge in [-0.2, -0.15) is 5.10 Å². The van der Waals surface area contributed by atoms with E-state index in [2.05, 4.69) is 25.9 Å². The van der Waals surface area contributed by atoms with Crippen LogP contribution in [0.3, 0.4) is 0 Å². The van der Waals surface area contributed by atoms with Gasteiger partial charge >= 0.3 is 0 Å². The maximum atomic E-state index is 10.9. The normalized spacial score (nSPS) is 11.5. The minimum absolute atomic E-state index is 0.0515. The predicted octanol–water partition coefficient (Wildman–Crippen LogP) is 2.98. The van der Waals surface area contributed by atoms with Crippen LogP contribution in [0, 0.1) is 0 Å². The molecule has 0 unspecified atom stereocenters. The Morgan fingerprint density at radius 2 is 1.82 bits per heavy atom. The summed E-state index contributed by atoms with van der Waals surface area (Å²) < 4.78 is 1.84. The highest BCUT2D eigenvalue weighted by Gasteiger charge is 2.21. The van der Waals surface area contributed by atoms with Gasteiger partial charge in [0, 0.05) is 5.41 Å². The van der Waals surface area contributed by atoms with Gasteiger partial charge in [-0.3, -0.25) is 4.79 Å². The fourth-order valence-corrected chi connectivity index (χ4v) is 1.76. The largest absolute Gasteiger partial charge is 0.296 e. The third-order valence-corrected chi connectivity index (χ3v) is 2.62. The molecule has 2 aromatic rings. The molecule has 0 bridgehead atoms. The number of carbonyl (C=O) groups excluding carboxylic acids is 1. The summed E-state index contributed by atoms with van der Waals surface area (Å²) in [6.07, 6.45) is 0.786. The van der Waals surface area contributed by atoms with Gasteiger partial charge < -0.3 is 0 Å². The lowest BCUT2D eigenvalue weighted by Gasteiger charge is -2.20. The minimum Gasteiger partial charge on any atom is -0.296 e. The fraction of sp³-hybridized carbons (Fsp3) is 0.286. The first-order valence-electron chi connectivity index (χ1n) is 5.63. The zero-order chi connectivity index (χ0) is 12.5. The second-order valence-electron chi connectivity index (χ2n) is 5.07. The lowest BCUT2D eigenvalue weighted by Crippen LogP contribution is -2.17. The van der Waals surface area contributed by atoms with Crippen molar-refractivity contribution in [3.8, 4) is 5.69 Å². The van der Waals surface area contributed by atoms with Crippen LogP contribution in [0.25, 0.3) is 5.69 Å². The van der Waals surface area contributed by atoms with Crippen molar-refractivity contribution in [2.24, 2.45) is 0 Å². The predicted molar refractivity (Wildman–Crippen MR) is 67.7 cm³/mol. The number of hydrogen-bond donors (Lipinski definition) is 0. The topological polar surface area (TPSA) is 34.9 Å². The summed E-state index contributed by atoms with van der Waals surface area (Å²) in [4.78, 5) is 10.9. The van der Waals surface area contributed by atoms with Crippen molar-refractivity contribution in [3.05, 3.63) is 47.8 Å². The van der Waals surface area contributed by atoms with E-state index in [1.165, 1.54) is 0 Å². The smallest absolute Gasteiger partial charge is 0.170 e. The molecule has 88 valence electrons. The highest BCUT2D eigenvalue weighted by molar-refractivity contribution is 5.72. The van der Waals surface area contributed by atoms with Crippen molar-refractivity contribution in [1.29, 1.82) is 0 Å². The molecule has 0 aliphatic carbocycles. The third kappa shape index (κ3) is 2.28. The number of aldehydes is 1. The molecule has 0 saturated heterocycles. The van der Waals surface area contributed by atoms with Crippen molar-refractivity contribution >= 4 is 6.29 Å². The number of hydrogen-bond acceptors (Lipinski definition) is 2. The Kier molecular flexibility index (Phi) is 2.84. The van der Waals surface area contributed by atoms with E-state index in [4.69, 9.17) is 0 Å². The average molecular weight is 228 g/mol. The number of rotatable bonds is 2. The van der Waals surface area contributed by atoms with Crippen LogP contribution in [0.4, 0.5) is 0 Å². The van der Waals surface area contributed by atoms with Gasteiger partial charge in [-0.25, -0.2) is 4.68 Å². The summed E-state index contributed by atoms with van der Waals surface area (Å²) in [6.45, 7) is 6.33. The average Bonchev–Trinajstić information content (AvgIpc) is 2.74. The fourth-order valence-electron chi connectivity index (χ4n) is 1.76. The van der Waals surface area contributed by atoms with Crippen LogP contribution in [0.2, 0.25) is 0 Å². The molecule has 1 heterocycles. The molecule has 1 aromatic carbocycles. The summed E-state index contributed by atoms with van der Waals surface area (Å²) in [5, 5.41) is 4.31. The first kappa shape index (κ1) is 11.6. The monoisotopic (exact) mass is 228 g/mol. The van der Waals surface area contributed by atoms with Gasteiger partial charge in [0.1, 0.15) is 5.69 Å². The van der Waals surface area contributed by atoms with Gasteiger partial charge in [0.15, 0.2) is 6.29 Å². The summed E-state index contributed by atoms with van der Waals surface area (Å²) in [6, 6.07) is 11.7. The van der Waals surface area contributed by atoms with Gasteiger partial charge in [-0.1, -0.05) is 39.0 Å². The molecule has 17 heavy (non-hydrogen) atoms. The van der Waals surface area contributed by atoms with Gasteiger partial charge in [0.05, 0.1) is 11.4 Å². The van der Waals surface area contributed by atoms with Gasteiger partial charge in [0.2, 0.25) is 0 Å². The Bertz CT molecular complexity index is 521. The van der Waals surface area contributed by atoms with E-state index >= 15 is 0 Å². The molecule has 0 atom stereocenters. The Morgan fingerprint density at radius 1 is 1.18 bits per heavy atom. The first-order valence-corrected chi connectivity index (χ1v) is 5.63. The molecule has 1 aromatic heterocycles. The Labute approximate surface area is 101 Å². The van der Waals surface area contributed by atoms with E-state index in [0.717, 1.165) is 17.7 Å². The second-order valence-corrected chi connectivity index (χ2v) is 5.07. The molecular weight excluding hydrogens is 212 g/mol. The quantitative estimate of drug-likeness (QED) is 0.741.